The smallest absolute Gasteiger partial charge is 0.311 e. The minimum atomic E-state index is -0.863. The zero-order chi connectivity index (χ0) is 18.1. The van der Waals surface area contributed by atoms with Crippen molar-refractivity contribution in [1.82, 2.24) is 9.55 Å². The Kier molecular flexibility index (Phi) is 8.08. The van der Waals surface area contributed by atoms with Crippen molar-refractivity contribution in [3.8, 4) is 11.8 Å². The molecular formula is C15H17ClFN2O5P. The van der Waals surface area contributed by atoms with Crippen LogP contribution in [0, 0.1) is 5.82 Å². The van der Waals surface area contributed by atoms with Crippen molar-refractivity contribution >= 4 is 20.6 Å². The van der Waals surface area contributed by atoms with E-state index in [2.05, 4.69) is 4.98 Å². The molecule has 3 rings (SSSR count). The van der Waals surface area contributed by atoms with Gasteiger partial charge in [0.2, 0.25) is 14.9 Å². The summed E-state index contributed by atoms with van der Waals surface area (Å²) in [7, 11) is 1.62. The number of methoxy groups -OCH3 is 1. The third-order valence-electron chi connectivity index (χ3n) is 2.90. The number of halogens is 2. The van der Waals surface area contributed by atoms with Gasteiger partial charge in [0.25, 0.3) is 6.01 Å². The Hall–Kier alpha value is -1.73. The highest BCUT2D eigenvalue weighted by Crippen LogP contribution is 2.22. The van der Waals surface area contributed by atoms with Crippen LogP contribution in [0.3, 0.4) is 0 Å². The van der Waals surface area contributed by atoms with Crippen molar-refractivity contribution in [1.29, 1.82) is 0 Å². The number of benzene rings is 1. The molecule has 1 aliphatic heterocycles. The maximum atomic E-state index is 12.5. The van der Waals surface area contributed by atoms with E-state index in [4.69, 9.17) is 30.1 Å². The molecule has 1 aromatic heterocycles. The maximum Gasteiger partial charge on any atom is 0.311 e. The summed E-state index contributed by atoms with van der Waals surface area (Å²) in [6.45, 7) is 2.13. The summed E-state index contributed by atoms with van der Waals surface area (Å²) in [5.41, 5.74) is -0.863. The fourth-order valence-corrected chi connectivity index (χ4v) is 2.29. The maximum absolute atomic E-state index is 12.5. The second-order valence-electron chi connectivity index (χ2n) is 4.70. The first kappa shape index (κ1) is 19.6. The average Bonchev–Trinajstić information content (AvgIpc) is 3.04. The normalized spacial score (nSPS) is 12.4. The zero-order valence-electron chi connectivity index (χ0n) is 13.4. The highest BCUT2D eigenvalue weighted by Gasteiger charge is 2.13. The zero-order valence-corrected chi connectivity index (χ0v) is 15.2. The van der Waals surface area contributed by atoms with Gasteiger partial charge in [-0.25, -0.2) is 0 Å². The van der Waals surface area contributed by atoms with E-state index in [1.807, 2.05) is 0 Å². The first-order chi connectivity index (χ1) is 12.1. The van der Waals surface area contributed by atoms with Crippen LogP contribution in [-0.2, 0) is 15.8 Å². The van der Waals surface area contributed by atoms with Crippen LogP contribution in [0.5, 0.6) is 11.8 Å². The average molecular weight is 391 g/mol. The second-order valence-corrected chi connectivity index (χ2v) is 5.79. The summed E-state index contributed by atoms with van der Waals surface area (Å²) in [6, 6.07) is 7.35. The van der Waals surface area contributed by atoms with Crippen LogP contribution in [0.15, 0.2) is 35.3 Å². The van der Waals surface area contributed by atoms with Crippen LogP contribution >= 0.6 is 20.6 Å². The number of nitrogens with zero attached hydrogens (tertiary/aromatic N) is 2. The lowest BCUT2D eigenvalue weighted by atomic mass is 10.3. The molecule has 25 heavy (non-hydrogen) atoms. The third kappa shape index (κ3) is 6.59. The number of hydrogen-bond acceptors (Lipinski definition) is 6. The minimum Gasteiger partial charge on any atom is -0.463 e. The van der Waals surface area contributed by atoms with Crippen molar-refractivity contribution in [3.63, 3.8) is 0 Å². The molecule has 2 heterocycles. The molecule has 0 fully saturated rings. The SMILES string of the molecule is COCCOPOc1ccc(Cl)cc1.O=c1nc2n(cc1F)CCO2. The number of aromatic nitrogens is 2. The molecule has 0 saturated heterocycles. The quantitative estimate of drug-likeness (QED) is 0.558. The highest BCUT2D eigenvalue weighted by molar-refractivity contribution is 7.26. The van der Waals surface area contributed by atoms with E-state index in [1.54, 1.807) is 31.4 Å². The van der Waals surface area contributed by atoms with Gasteiger partial charge in [0.15, 0.2) is 0 Å². The van der Waals surface area contributed by atoms with Gasteiger partial charge in [0.1, 0.15) is 12.4 Å². The van der Waals surface area contributed by atoms with Crippen molar-refractivity contribution in [2.75, 3.05) is 26.9 Å². The van der Waals surface area contributed by atoms with Crippen molar-refractivity contribution in [3.05, 3.63) is 51.7 Å². The number of fused-ring (bicyclic) bond motifs is 1. The van der Waals surface area contributed by atoms with Crippen LogP contribution in [0.1, 0.15) is 0 Å². The number of ether oxygens (including phenoxy) is 2. The van der Waals surface area contributed by atoms with E-state index >= 15 is 0 Å². The van der Waals surface area contributed by atoms with Gasteiger partial charge in [-0.1, -0.05) is 11.6 Å². The van der Waals surface area contributed by atoms with E-state index in [-0.39, 0.29) is 15.0 Å². The van der Waals surface area contributed by atoms with Gasteiger partial charge in [-0.2, -0.15) is 9.37 Å². The Morgan fingerprint density at radius 2 is 2.12 bits per heavy atom. The molecule has 0 spiro atoms. The van der Waals surface area contributed by atoms with Crippen molar-refractivity contribution < 1.29 is 22.9 Å². The summed E-state index contributed by atoms with van der Waals surface area (Å²) < 4.78 is 34.2. The van der Waals surface area contributed by atoms with E-state index in [1.165, 1.54) is 4.57 Å². The molecule has 1 atom stereocenters. The lowest BCUT2D eigenvalue weighted by Gasteiger charge is -2.05. The predicted octanol–water partition coefficient (Wildman–Crippen LogP) is 2.67. The van der Waals surface area contributed by atoms with Crippen LogP contribution in [-0.4, -0.2) is 36.5 Å². The Balaban J connectivity index is 0.000000185. The molecule has 0 aliphatic carbocycles. The molecule has 0 amide bonds. The summed E-state index contributed by atoms with van der Waals surface area (Å²) in [5, 5.41) is 0.695. The Labute approximate surface area is 150 Å². The standard InChI is InChI=1S/C9H12ClO3P.C6H5FN2O2/c1-11-6-7-12-14-13-9-4-2-8(10)3-5-9;7-4-3-9-1-2-11-6(9)8-5(4)10/h2-5,14H,6-7H2,1H3;3H,1-2H2. The van der Waals surface area contributed by atoms with E-state index in [9.17, 15) is 9.18 Å². The van der Waals surface area contributed by atoms with Crippen LogP contribution in [0.4, 0.5) is 4.39 Å². The second kappa shape index (κ2) is 10.3. The van der Waals surface area contributed by atoms with Crippen LogP contribution in [0.25, 0.3) is 0 Å². The number of rotatable bonds is 6. The summed E-state index contributed by atoms with van der Waals surface area (Å²) in [4.78, 5) is 14.0. The third-order valence-corrected chi connectivity index (χ3v) is 3.79. The molecule has 0 N–H and O–H groups in total. The van der Waals surface area contributed by atoms with Gasteiger partial charge < -0.3 is 18.5 Å². The lowest BCUT2D eigenvalue weighted by molar-refractivity contribution is 0.150. The van der Waals surface area contributed by atoms with Gasteiger partial charge in [0.05, 0.1) is 26.0 Å². The van der Waals surface area contributed by atoms with Crippen LogP contribution in [0.2, 0.25) is 5.02 Å². The van der Waals surface area contributed by atoms with Crippen LogP contribution < -0.4 is 14.8 Å². The van der Waals surface area contributed by atoms with E-state index < -0.39 is 11.4 Å². The first-order valence-electron chi connectivity index (χ1n) is 7.28. The summed E-state index contributed by atoms with van der Waals surface area (Å²) >= 11 is 5.71. The monoisotopic (exact) mass is 390 g/mol. The number of hydrogen-bond donors (Lipinski definition) is 0. The fraction of sp³-hybridized carbons (Fsp3) is 0.333. The highest BCUT2D eigenvalue weighted by atomic mass is 35.5. The Bertz CT molecular complexity index is 729. The topological polar surface area (TPSA) is 71.8 Å². The molecule has 136 valence electrons. The first-order valence-corrected chi connectivity index (χ1v) is 8.47. The van der Waals surface area contributed by atoms with Crippen molar-refractivity contribution in [2.45, 2.75) is 6.54 Å². The lowest BCUT2D eigenvalue weighted by Crippen LogP contribution is -2.13. The molecule has 1 aromatic carbocycles. The summed E-state index contributed by atoms with van der Waals surface area (Å²) in [6.07, 6.45) is 1.11. The Morgan fingerprint density at radius 1 is 1.36 bits per heavy atom. The molecule has 0 radical (unpaired) electrons. The van der Waals surface area contributed by atoms with Gasteiger partial charge in [0, 0.05) is 12.1 Å². The minimum absolute atomic E-state index is 0.00679. The van der Waals surface area contributed by atoms with E-state index in [0.717, 1.165) is 11.9 Å². The summed E-state index contributed by atoms with van der Waals surface area (Å²) in [5.74, 6) is -0.0793. The molecule has 7 nitrogen and oxygen atoms in total. The van der Waals surface area contributed by atoms with Gasteiger partial charge in [-0.05, 0) is 24.3 Å². The molecule has 1 unspecified atom stereocenters. The van der Waals surface area contributed by atoms with Gasteiger partial charge in [-0.15, -0.1) is 0 Å². The predicted molar refractivity (Wildman–Crippen MR) is 92.2 cm³/mol. The molecular weight excluding hydrogens is 374 g/mol. The molecule has 0 bridgehead atoms. The fourth-order valence-electron chi connectivity index (χ4n) is 1.71. The van der Waals surface area contributed by atoms with Gasteiger partial charge >= 0.3 is 5.56 Å². The van der Waals surface area contributed by atoms with Gasteiger partial charge in [-0.3, -0.25) is 9.36 Å². The largest absolute Gasteiger partial charge is 0.463 e. The van der Waals surface area contributed by atoms with Crippen molar-refractivity contribution in [2.24, 2.45) is 0 Å². The molecule has 1 aliphatic rings. The Morgan fingerprint density at radius 3 is 2.84 bits per heavy atom. The van der Waals surface area contributed by atoms with E-state index in [0.29, 0.717) is 31.4 Å². The molecule has 2 aromatic rings. The molecule has 10 heteroatoms. The molecule has 0 saturated carbocycles.